The van der Waals surface area contributed by atoms with Gasteiger partial charge in [0.1, 0.15) is 18.1 Å². The molecule has 29 heavy (non-hydrogen) atoms. The number of carboxylic acids is 2. The van der Waals surface area contributed by atoms with E-state index in [4.69, 9.17) is 15.9 Å². The number of hydrogen-bond donors (Lipinski definition) is 8. The Labute approximate surface area is 179 Å². The quantitative estimate of drug-likeness (QED) is 0.151. The molecule has 0 aromatic rings. The third kappa shape index (κ3) is 10.4. The van der Waals surface area contributed by atoms with Gasteiger partial charge in [0.05, 0.1) is 12.5 Å². The highest BCUT2D eigenvalue weighted by Gasteiger charge is 2.31. The number of thiol groups is 2. The van der Waals surface area contributed by atoms with E-state index in [2.05, 4.69) is 41.2 Å². The number of rotatable bonds is 13. The van der Waals surface area contributed by atoms with E-state index in [9.17, 15) is 24.0 Å². The number of hydrogen-bond acceptors (Lipinski definition) is 8. The average Bonchev–Trinajstić information content (AvgIpc) is 2.62. The highest BCUT2D eigenvalue weighted by Crippen LogP contribution is 2.07. The Bertz CT molecular complexity index is 618. The van der Waals surface area contributed by atoms with Crippen molar-refractivity contribution in [1.29, 1.82) is 0 Å². The zero-order valence-electron chi connectivity index (χ0n) is 16.1. The second kappa shape index (κ2) is 13.3. The molecule has 4 unspecified atom stereocenters. The first kappa shape index (κ1) is 27.0. The van der Waals surface area contributed by atoms with Crippen molar-refractivity contribution in [2.24, 2.45) is 11.7 Å². The summed E-state index contributed by atoms with van der Waals surface area (Å²) >= 11 is 7.91. The van der Waals surface area contributed by atoms with Gasteiger partial charge in [-0.1, -0.05) is 13.8 Å². The van der Waals surface area contributed by atoms with Gasteiger partial charge in [-0.3, -0.25) is 19.2 Å². The molecule has 0 aliphatic rings. The number of carbonyl (C=O) groups is 5. The average molecular weight is 453 g/mol. The van der Waals surface area contributed by atoms with Crippen LogP contribution in [0.15, 0.2) is 0 Å². The summed E-state index contributed by atoms with van der Waals surface area (Å²) in [5, 5.41) is 24.8. The molecule has 0 fully saturated rings. The molecular formula is C16H28N4O7S2. The van der Waals surface area contributed by atoms with Crippen molar-refractivity contribution in [2.45, 2.75) is 50.9 Å². The van der Waals surface area contributed by atoms with Crippen molar-refractivity contribution in [3.8, 4) is 0 Å². The van der Waals surface area contributed by atoms with Crippen molar-refractivity contribution in [2.75, 3.05) is 11.5 Å². The first-order chi connectivity index (χ1) is 13.4. The van der Waals surface area contributed by atoms with Gasteiger partial charge in [-0.05, 0) is 12.3 Å². The summed E-state index contributed by atoms with van der Waals surface area (Å²) in [6, 6.07) is -4.82. The lowest BCUT2D eigenvalue weighted by molar-refractivity contribution is -0.147. The fourth-order valence-corrected chi connectivity index (χ4v) is 2.60. The van der Waals surface area contributed by atoms with Gasteiger partial charge in [-0.15, -0.1) is 0 Å². The zero-order valence-corrected chi connectivity index (χ0v) is 17.9. The SMILES string of the molecule is CC(C)CC(NC(=O)C(CS)NC(=O)C(N)CS)C(=O)NC(CC(=O)O)C(=O)O. The van der Waals surface area contributed by atoms with Gasteiger partial charge in [-0.2, -0.15) is 25.3 Å². The zero-order chi connectivity index (χ0) is 22.7. The van der Waals surface area contributed by atoms with Crippen LogP contribution in [0.25, 0.3) is 0 Å². The van der Waals surface area contributed by atoms with Gasteiger partial charge in [0.2, 0.25) is 17.7 Å². The monoisotopic (exact) mass is 452 g/mol. The number of carbonyl (C=O) groups excluding carboxylic acids is 3. The largest absolute Gasteiger partial charge is 0.481 e. The molecule has 4 atom stereocenters. The Balaban J connectivity index is 5.27. The third-order valence-electron chi connectivity index (χ3n) is 3.68. The van der Waals surface area contributed by atoms with Gasteiger partial charge in [0.15, 0.2) is 0 Å². The first-order valence-corrected chi connectivity index (χ1v) is 10.0. The van der Waals surface area contributed by atoms with E-state index in [1.165, 1.54) is 0 Å². The van der Waals surface area contributed by atoms with E-state index in [-0.39, 0.29) is 23.8 Å². The Morgan fingerprint density at radius 2 is 1.31 bits per heavy atom. The molecule has 13 heteroatoms. The van der Waals surface area contributed by atoms with Crippen LogP contribution in [-0.2, 0) is 24.0 Å². The molecule has 3 amide bonds. The molecule has 7 N–H and O–H groups in total. The maximum atomic E-state index is 12.5. The number of nitrogens with two attached hydrogens (primary N) is 1. The van der Waals surface area contributed by atoms with E-state index < -0.39 is 60.2 Å². The Morgan fingerprint density at radius 3 is 1.72 bits per heavy atom. The standard InChI is InChI=1S/C16H28N4O7S2/c1-7(2)3-9(14(24)19-10(16(26)27)4-12(21)22)18-15(25)11(6-29)20-13(23)8(17)5-28/h7-11,28-29H,3-6,17H2,1-2H3,(H,18,25)(H,19,24)(H,20,23)(H,21,22)(H,26,27). The number of amides is 3. The summed E-state index contributed by atoms with van der Waals surface area (Å²) in [4.78, 5) is 58.8. The van der Waals surface area contributed by atoms with Gasteiger partial charge in [0, 0.05) is 11.5 Å². The van der Waals surface area contributed by atoms with Crippen molar-refractivity contribution < 1.29 is 34.2 Å². The highest BCUT2D eigenvalue weighted by atomic mass is 32.1. The number of nitrogens with one attached hydrogen (secondary N) is 3. The molecule has 0 saturated carbocycles. The fraction of sp³-hybridized carbons (Fsp3) is 0.688. The lowest BCUT2D eigenvalue weighted by Gasteiger charge is -2.25. The maximum Gasteiger partial charge on any atom is 0.326 e. The summed E-state index contributed by atoms with van der Waals surface area (Å²) in [5.41, 5.74) is 5.55. The van der Waals surface area contributed by atoms with Crippen LogP contribution in [0.4, 0.5) is 0 Å². The van der Waals surface area contributed by atoms with Crippen molar-refractivity contribution in [3.63, 3.8) is 0 Å². The van der Waals surface area contributed by atoms with Gasteiger partial charge in [0.25, 0.3) is 0 Å². The molecule has 0 aliphatic carbocycles. The molecule has 0 rings (SSSR count). The molecule has 0 bridgehead atoms. The lowest BCUT2D eigenvalue weighted by Crippen LogP contribution is -2.58. The molecule has 0 aromatic carbocycles. The van der Waals surface area contributed by atoms with Crippen molar-refractivity contribution in [1.82, 2.24) is 16.0 Å². The minimum atomic E-state index is -1.65. The first-order valence-electron chi connectivity index (χ1n) is 8.75. The van der Waals surface area contributed by atoms with Crippen LogP contribution in [0.5, 0.6) is 0 Å². The van der Waals surface area contributed by atoms with Crippen LogP contribution < -0.4 is 21.7 Å². The van der Waals surface area contributed by atoms with E-state index in [1.54, 1.807) is 13.8 Å². The van der Waals surface area contributed by atoms with E-state index in [1.807, 2.05) is 0 Å². The van der Waals surface area contributed by atoms with E-state index >= 15 is 0 Å². The van der Waals surface area contributed by atoms with Gasteiger partial charge >= 0.3 is 11.9 Å². The second-order valence-corrected chi connectivity index (χ2v) is 7.45. The normalized spacial score (nSPS) is 15.0. The Kier molecular flexibility index (Phi) is 12.4. The predicted molar refractivity (Wildman–Crippen MR) is 111 cm³/mol. The third-order valence-corrected chi connectivity index (χ3v) is 4.44. The molecule has 0 saturated heterocycles. The summed E-state index contributed by atoms with van der Waals surface area (Å²) in [7, 11) is 0. The van der Waals surface area contributed by atoms with Crippen molar-refractivity contribution in [3.05, 3.63) is 0 Å². The van der Waals surface area contributed by atoms with Crippen LogP contribution in [0.2, 0.25) is 0 Å². The lowest BCUT2D eigenvalue weighted by atomic mass is 10.0. The molecule has 0 heterocycles. The predicted octanol–water partition coefficient (Wildman–Crippen LogP) is -1.77. The molecule has 0 aromatic heterocycles. The Hall–Kier alpha value is -1.99. The minimum absolute atomic E-state index is 0.0598. The molecular weight excluding hydrogens is 424 g/mol. The van der Waals surface area contributed by atoms with E-state index in [0.717, 1.165) is 0 Å². The van der Waals surface area contributed by atoms with Crippen LogP contribution in [0.1, 0.15) is 26.7 Å². The molecule has 11 nitrogen and oxygen atoms in total. The summed E-state index contributed by atoms with van der Waals surface area (Å²) < 4.78 is 0. The summed E-state index contributed by atoms with van der Waals surface area (Å²) in [5.74, 6) is -5.18. The number of aliphatic carboxylic acids is 2. The van der Waals surface area contributed by atoms with Crippen LogP contribution in [0.3, 0.4) is 0 Å². The maximum absolute atomic E-state index is 12.5. The van der Waals surface area contributed by atoms with Crippen molar-refractivity contribution >= 4 is 54.9 Å². The highest BCUT2D eigenvalue weighted by molar-refractivity contribution is 7.80. The minimum Gasteiger partial charge on any atom is -0.481 e. The molecule has 0 aliphatic heterocycles. The van der Waals surface area contributed by atoms with Crippen LogP contribution in [0, 0.1) is 5.92 Å². The van der Waals surface area contributed by atoms with Crippen LogP contribution >= 0.6 is 25.3 Å². The molecule has 0 spiro atoms. The summed E-state index contributed by atoms with van der Waals surface area (Å²) in [6.07, 6.45) is -0.666. The van der Waals surface area contributed by atoms with Gasteiger partial charge in [-0.25, -0.2) is 4.79 Å². The number of carboxylic acid groups (broad SMARTS) is 2. The van der Waals surface area contributed by atoms with E-state index in [0.29, 0.717) is 0 Å². The Morgan fingerprint density at radius 1 is 0.828 bits per heavy atom. The smallest absolute Gasteiger partial charge is 0.326 e. The molecule has 0 radical (unpaired) electrons. The van der Waals surface area contributed by atoms with Crippen LogP contribution in [-0.4, -0.2) is 75.5 Å². The molecule has 166 valence electrons. The fourth-order valence-electron chi connectivity index (χ4n) is 2.18. The van der Waals surface area contributed by atoms with Gasteiger partial charge < -0.3 is 31.9 Å². The second-order valence-electron chi connectivity index (χ2n) is 6.72. The topological polar surface area (TPSA) is 188 Å². The summed E-state index contributed by atoms with van der Waals surface area (Å²) in [6.45, 7) is 3.56.